The summed E-state index contributed by atoms with van der Waals surface area (Å²) in [5.41, 5.74) is 0. The second-order valence-corrected chi connectivity index (χ2v) is 6.11. The number of nitrogens with one attached hydrogen (secondary N) is 1. The van der Waals surface area contributed by atoms with Crippen molar-refractivity contribution < 1.29 is 9.59 Å². The summed E-state index contributed by atoms with van der Waals surface area (Å²) in [6.07, 6.45) is 3.89. The Bertz CT molecular complexity index is 553. The number of hydrogen-bond acceptors (Lipinski definition) is 4. The molecule has 7 nitrogen and oxygen atoms in total. The summed E-state index contributed by atoms with van der Waals surface area (Å²) in [5.74, 6) is 0.842. The number of carbonyl (C=O) groups is 2. The first-order chi connectivity index (χ1) is 10.1. The fraction of sp³-hybridized carbons (Fsp3) is 0.714. The Hall–Kier alpha value is -1.92. The number of carbonyl (C=O) groups excluding carboxylic acids is 2. The maximum absolute atomic E-state index is 12.4. The predicted molar refractivity (Wildman–Crippen MR) is 75.2 cm³/mol. The fourth-order valence-electron chi connectivity index (χ4n) is 3.11. The quantitative estimate of drug-likeness (QED) is 0.848. The van der Waals surface area contributed by atoms with E-state index in [0.717, 1.165) is 25.2 Å². The lowest BCUT2D eigenvalue weighted by atomic mass is 9.98. The number of nitrogens with zero attached hydrogens (tertiary/aromatic N) is 4. The molecule has 2 unspecified atom stereocenters. The molecule has 3 rings (SSSR count). The molecule has 1 N–H and O–H groups in total. The summed E-state index contributed by atoms with van der Waals surface area (Å²) < 4.78 is 1.92. The van der Waals surface area contributed by atoms with Gasteiger partial charge < -0.3 is 14.8 Å². The van der Waals surface area contributed by atoms with Gasteiger partial charge in [-0.15, -0.1) is 10.2 Å². The Kier molecular flexibility index (Phi) is 3.65. The average molecular weight is 291 g/mol. The maximum atomic E-state index is 12.4. The zero-order valence-electron chi connectivity index (χ0n) is 12.5. The first kappa shape index (κ1) is 14.0. The van der Waals surface area contributed by atoms with E-state index in [2.05, 4.69) is 15.5 Å². The van der Waals surface area contributed by atoms with Crippen LogP contribution >= 0.6 is 0 Å². The molecule has 21 heavy (non-hydrogen) atoms. The van der Waals surface area contributed by atoms with Gasteiger partial charge in [-0.2, -0.15) is 0 Å². The third kappa shape index (κ3) is 2.64. The second-order valence-electron chi connectivity index (χ2n) is 6.11. The molecule has 0 spiro atoms. The van der Waals surface area contributed by atoms with Crippen molar-refractivity contribution >= 4 is 11.8 Å². The standard InChI is InChI=1S/C14H21N5O2/c1-9(2)19-6-5-11(14(19)21)16-13(20)10-3-4-12-17-15-8-18(12)7-10/h8-11H,3-7H2,1-2H3,(H,16,20). The van der Waals surface area contributed by atoms with Gasteiger partial charge >= 0.3 is 0 Å². The summed E-state index contributed by atoms with van der Waals surface area (Å²) in [4.78, 5) is 26.4. The van der Waals surface area contributed by atoms with E-state index in [4.69, 9.17) is 0 Å². The number of aromatic nitrogens is 3. The lowest BCUT2D eigenvalue weighted by Crippen LogP contribution is -2.46. The van der Waals surface area contributed by atoms with Gasteiger partial charge in [-0.3, -0.25) is 9.59 Å². The van der Waals surface area contributed by atoms with Gasteiger partial charge in [-0.1, -0.05) is 0 Å². The third-order valence-electron chi connectivity index (χ3n) is 4.38. The van der Waals surface area contributed by atoms with Crippen LogP contribution in [-0.4, -0.2) is 50.1 Å². The van der Waals surface area contributed by atoms with Crippen molar-refractivity contribution in [2.45, 2.75) is 51.7 Å². The van der Waals surface area contributed by atoms with Crippen molar-refractivity contribution in [1.29, 1.82) is 0 Å². The first-order valence-corrected chi connectivity index (χ1v) is 7.54. The summed E-state index contributed by atoms with van der Waals surface area (Å²) in [6, 6.07) is -0.170. The van der Waals surface area contributed by atoms with E-state index in [-0.39, 0.29) is 29.8 Å². The zero-order chi connectivity index (χ0) is 15.0. The molecule has 0 radical (unpaired) electrons. The smallest absolute Gasteiger partial charge is 0.245 e. The molecular formula is C14H21N5O2. The monoisotopic (exact) mass is 291 g/mol. The van der Waals surface area contributed by atoms with Crippen LogP contribution in [0.25, 0.3) is 0 Å². The van der Waals surface area contributed by atoms with E-state index < -0.39 is 0 Å². The molecule has 1 aromatic heterocycles. The number of fused-ring (bicyclic) bond motifs is 1. The largest absolute Gasteiger partial charge is 0.344 e. The molecule has 114 valence electrons. The summed E-state index contributed by atoms with van der Waals surface area (Å²) in [6.45, 7) is 5.32. The Labute approximate surface area is 123 Å². The van der Waals surface area contributed by atoms with Crippen LogP contribution in [-0.2, 0) is 22.6 Å². The van der Waals surface area contributed by atoms with Gasteiger partial charge in [0.05, 0.1) is 5.92 Å². The average Bonchev–Trinajstić information content (AvgIpc) is 3.05. The molecule has 2 aliphatic rings. The molecule has 1 aromatic rings. The lowest BCUT2D eigenvalue weighted by molar-refractivity contribution is -0.135. The van der Waals surface area contributed by atoms with Crippen molar-refractivity contribution in [3.63, 3.8) is 0 Å². The van der Waals surface area contributed by atoms with Crippen LogP contribution in [0.15, 0.2) is 6.33 Å². The second kappa shape index (κ2) is 5.46. The molecule has 2 aliphatic heterocycles. The van der Waals surface area contributed by atoms with E-state index >= 15 is 0 Å². The van der Waals surface area contributed by atoms with E-state index in [1.807, 2.05) is 23.3 Å². The van der Waals surface area contributed by atoms with Gasteiger partial charge in [-0.05, 0) is 26.7 Å². The van der Waals surface area contributed by atoms with Crippen LogP contribution in [0.2, 0.25) is 0 Å². The molecule has 2 amide bonds. The maximum Gasteiger partial charge on any atom is 0.245 e. The Morgan fingerprint density at radius 1 is 1.43 bits per heavy atom. The van der Waals surface area contributed by atoms with Gasteiger partial charge in [0.15, 0.2) is 0 Å². The molecule has 0 bridgehead atoms. The van der Waals surface area contributed by atoms with Gasteiger partial charge in [0.1, 0.15) is 18.2 Å². The normalized spacial score (nSPS) is 25.3. The van der Waals surface area contributed by atoms with E-state index in [1.54, 1.807) is 6.33 Å². The van der Waals surface area contributed by atoms with Crippen molar-refractivity contribution in [3.8, 4) is 0 Å². The molecule has 7 heteroatoms. The number of likely N-dealkylation sites (tertiary alicyclic amines) is 1. The van der Waals surface area contributed by atoms with Crippen molar-refractivity contribution in [2.75, 3.05) is 6.54 Å². The molecule has 3 heterocycles. The minimum atomic E-state index is -0.359. The molecule has 1 fully saturated rings. The van der Waals surface area contributed by atoms with Crippen LogP contribution in [0.3, 0.4) is 0 Å². The highest BCUT2D eigenvalue weighted by Crippen LogP contribution is 2.20. The lowest BCUT2D eigenvalue weighted by Gasteiger charge is -2.24. The predicted octanol–water partition coefficient (Wildman–Crippen LogP) is -0.0340. The minimum Gasteiger partial charge on any atom is -0.344 e. The van der Waals surface area contributed by atoms with Crippen LogP contribution in [0.4, 0.5) is 0 Å². The van der Waals surface area contributed by atoms with Crippen LogP contribution in [0, 0.1) is 5.92 Å². The Morgan fingerprint density at radius 3 is 2.95 bits per heavy atom. The molecule has 1 saturated heterocycles. The number of hydrogen-bond donors (Lipinski definition) is 1. The van der Waals surface area contributed by atoms with Gasteiger partial charge in [-0.25, -0.2) is 0 Å². The van der Waals surface area contributed by atoms with Crippen molar-refractivity contribution in [3.05, 3.63) is 12.2 Å². The SMILES string of the molecule is CC(C)N1CCC(NC(=O)C2CCc3nncn3C2)C1=O. The molecule has 2 atom stereocenters. The summed E-state index contributed by atoms with van der Waals surface area (Å²) in [7, 11) is 0. The highest BCUT2D eigenvalue weighted by atomic mass is 16.2. The number of rotatable bonds is 3. The summed E-state index contributed by atoms with van der Waals surface area (Å²) >= 11 is 0. The van der Waals surface area contributed by atoms with Gasteiger partial charge in [0, 0.05) is 25.6 Å². The Balaban J connectivity index is 1.59. The number of amides is 2. The first-order valence-electron chi connectivity index (χ1n) is 7.54. The minimum absolute atomic E-state index is 0.0293. The molecule has 0 saturated carbocycles. The fourth-order valence-corrected chi connectivity index (χ4v) is 3.11. The van der Waals surface area contributed by atoms with Gasteiger partial charge in [0.25, 0.3) is 0 Å². The number of aryl methyl sites for hydroxylation is 1. The zero-order valence-corrected chi connectivity index (χ0v) is 12.5. The van der Waals surface area contributed by atoms with E-state index in [0.29, 0.717) is 13.0 Å². The van der Waals surface area contributed by atoms with Crippen LogP contribution < -0.4 is 5.32 Å². The summed E-state index contributed by atoms with van der Waals surface area (Å²) in [5, 5.41) is 10.8. The molecular weight excluding hydrogens is 270 g/mol. The van der Waals surface area contributed by atoms with Crippen LogP contribution in [0.5, 0.6) is 0 Å². The highest BCUT2D eigenvalue weighted by Gasteiger charge is 2.35. The van der Waals surface area contributed by atoms with Crippen LogP contribution in [0.1, 0.15) is 32.5 Å². The van der Waals surface area contributed by atoms with Crippen molar-refractivity contribution in [1.82, 2.24) is 25.0 Å². The Morgan fingerprint density at radius 2 is 2.24 bits per heavy atom. The third-order valence-corrected chi connectivity index (χ3v) is 4.38. The highest BCUT2D eigenvalue weighted by molar-refractivity contribution is 5.90. The van der Waals surface area contributed by atoms with Gasteiger partial charge in [0.2, 0.25) is 11.8 Å². The van der Waals surface area contributed by atoms with E-state index in [9.17, 15) is 9.59 Å². The molecule has 0 aromatic carbocycles. The van der Waals surface area contributed by atoms with E-state index in [1.165, 1.54) is 0 Å². The molecule has 0 aliphatic carbocycles. The van der Waals surface area contributed by atoms with Crippen molar-refractivity contribution in [2.24, 2.45) is 5.92 Å². The topological polar surface area (TPSA) is 80.1 Å².